The zero-order valence-electron chi connectivity index (χ0n) is 18.1. The van der Waals surface area contributed by atoms with E-state index in [1.807, 2.05) is 0 Å². The average molecular weight is 481 g/mol. The standard InChI is InChI=1S/C23H26Cl2N2O5/c1-12-8-19(31-2)15(22(29)26-12)10-27-6-5-13-17(24)9-14(21(25)20(13)23(27)30)16(11-28)18-4-3-7-32-18/h8-9,15-16,18,28H,3-7,10-11H2,1-2H3/t15?,16-,18-/m0/s1. The van der Waals surface area contributed by atoms with Crippen molar-refractivity contribution >= 4 is 40.7 Å². The highest BCUT2D eigenvalue weighted by atomic mass is 35.5. The molecule has 3 aliphatic rings. The Hall–Kier alpha value is -1.93. The van der Waals surface area contributed by atoms with Crippen LogP contribution in [0.5, 0.6) is 0 Å². The van der Waals surface area contributed by atoms with Gasteiger partial charge in [0.05, 0.1) is 30.4 Å². The summed E-state index contributed by atoms with van der Waals surface area (Å²) in [6.07, 6.45) is 3.78. The van der Waals surface area contributed by atoms with Gasteiger partial charge >= 0.3 is 0 Å². The Morgan fingerprint density at radius 3 is 2.81 bits per heavy atom. The number of carbonyl (C=O) groups is 2. The van der Waals surface area contributed by atoms with Crippen molar-refractivity contribution in [3.63, 3.8) is 0 Å². The van der Waals surface area contributed by atoms with Gasteiger partial charge in [0.25, 0.3) is 11.8 Å². The van der Waals surface area contributed by atoms with Crippen molar-refractivity contribution in [1.82, 2.24) is 4.90 Å². The van der Waals surface area contributed by atoms with Crippen molar-refractivity contribution in [1.29, 1.82) is 0 Å². The highest BCUT2D eigenvalue weighted by Gasteiger charge is 2.37. The maximum atomic E-state index is 13.5. The Kier molecular flexibility index (Phi) is 6.91. The lowest BCUT2D eigenvalue weighted by Crippen LogP contribution is -2.43. The second kappa shape index (κ2) is 9.51. The topological polar surface area (TPSA) is 88.4 Å². The number of hydrogen-bond donors (Lipinski definition) is 1. The Morgan fingerprint density at radius 1 is 1.38 bits per heavy atom. The molecule has 0 saturated carbocycles. The molecule has 4 rings (SSSR count). The average Bonchev–Trinajstić information content (AvgIpc) is 3.29. The van der Waals surface area contributed by atoms with E-state index in [1.165, 1.54) is 7.11 Å². The minimum atomic E-state index is -0.663. The van der Waals surface area contributed by atoms with Gasteiger partial charge < -0.3 is 19.5 Å². The lowest BCUT2D eigenvalue weighted by molar-refractivity contribution is -0.122. The molecule has 32 heavy (non-hydrogen) atoms. The summed E-state index contributed by atoms with van der Waals surface area (Å²) < 4.78 is 11.2. The minimum absolute atomic E-state index is 0.140. The van der Waals surface area contributed by atoms with E-state index in [-0.39, 0.29) is 37.0 Å². The highest BCUT2D eigenvalue weighted by Crippen LogP contribution is 2.41. The van der Waals surface area contributed by atoms with Crippen LogP contribution in [0.2, 0.25) is 10.0 Å². The van der Waals surface area contributed by atoms with Gasteiger partial charge in [-0.05, 0) is 49.5 Å². The van der Waals surface area contributed by atoms with E-state index >= 15 is 0 Å². The fourth-order valence-electron chi connectivity index (χ4n) is 4.74. The van der Waals surface area contributed by atoms with E-state index in [4.69, 9.17) is 32.7 Å². The first-order valence-electron chi connectivity index (χ1n) is 10.7. The number of aliphatic hydroxyl groups is 1. The first-order valence-corrected chi connectivity index (χ1v) is 11.5. The number of rotatable bonds is 6. The molecule has 1 N–H and O–H groups in total. The summed E-state index contributed by atoms with van der Waals surface area (Å²) in [5.74, 6) is -1.17. The number of halogens is 2. The Labute approximate surface area is 197 Å². The van der Waals surface area contributed by atoms with Crippen LogP contribution in [0.15, 0.2) is 22.9 Å². The molecule has 3 aliphatic heterocycles. The molecule has 0 aromatic heterocycles. The molecule has 3 atom stereocenters. The second-order valence-corrected chi connectivity index (χ2v) is 9.14. The monoisotopic (exact) mass is 480 g/mol. The van der Waals surface area contributed by atoms with Gasteiger partial charge in [0, 0.05) is 36.3 Å². The molecule has 0 aliphatic carbocycles. The van der Waals surface area contributed by atoms with Gasteiger partial charge in [0.1, 0.15) is 11.7 Å². The van der Waals surface area contributed by atoms with Gasteiger partial charge in [-0.25, -0.2) is 4.99 Å². The van der Waals surface area contributed by atoms with Crippen LogP contribution < -0.4 is 0 Å². The fourth-order valence-corrected chi connectivity index (χ4v) is 5.44. The number of fused-ring (bicyclic) bond motifs is 1. The summed E-state index contributed by atoms with van der Waals surface area (Å²) in [5, 5.41) is 10.8. The van der Waals surface area contributed by atoms with E-state index in [9.17, 15) is 14.7 Å². The summed E-state index contributed by atoms with van der Waals surface area (Å²) in [5.41, 5.74) is 2.22. The third-order valence-corrected chi connectivity index (χ3v) is 7.15. The maximum Gasteiger partial charge on any atom is 0.258 e. The second-order valence-electron chi connectivity index (χ2n) is 8.35. The zero-order valence-corrected chi connectivity index (χ0v) is 19.6. The van der Waals surface area contributed by atoms with Crippen LogP contribution in [0.3, 0.4) is 0 Å². The third-order valence-electron chi connectivity index (χ3n) is 6.41. The lowest BCUT2D eigenvalue weighted by atomic mass is 9.87. The van der Waals surface area contributed by atoms with Crippen LogP contribution in [0, 0.1) is 5.92 Å². The van der Waals surface area contributed by atoms with E-state index in [1.54, 1.807) is 24.0 Å². The molecular weight excluding hydrogens is 455 g/mol. The minimum Gasteiger partial charge on any atom is -0.500 e. The number of dihydropyridines is 1. The molecule has 1 aromatic rings. The molecular formula is C23H26Cl2N2O5. The number of aliphatic imine (C=N–C) groups is 1. The van der Waals surface area contributed by atoms with Crippen molar-refractivity contribution in [2.75, 3.05) is 33.4 Å². The predicted octanol–water partition coefficient (Wildman–Crippen LogP) is 3.39. The van der Waals surface area contributed by atoms with Crippen LogP contribution in [0.4, 0.5) is 0 Å². The Morgan fingerprint density at radius 2 is 2.16 bits per heavy atom. The van der Waals surface area contributed by atoms with Gasteiger partial charge in [0.2, 0.25) is 0 Å². The number of allylic oxidation sites excluding steroid dienone is 1. The summed E-state index contributed by atoms with van der Waals surface area (Å²) in [6, 6.07) is 1.75. The predicted molar refractivity (Wildman–Crippen MR) is 122 cm³/mol. The van der Waals surface area contributed by atoms with Crippen molar-refractivity contribution in [2.45, 2.75) is 38.2 Å². The van der Waals surface area contributed by atoms with Crippen LogP contribution in [0.1, 0.15) is 47.2 Å². The van der Waals surface area contributed by atoms with Gasteiger partial charge in [-0.1, -0.05) is 23.2 Å². The van der Waals surface area contributed by atoms with Crippen molar-refractivity contribution in [3.8, 4) is 0 Å². The molecule has 172 valence electrons. The summed E-state index contributed by atoms with van der Waals surface area (Å²) in [6.45, 7) is 2.75. The molecule has 1 saturated heterocycles. The molecule has 0 spiro atoms. The molecule has 1 unspecified atom stereocenters. The van der Waals surface area contributed by atoms with Gasteiger partial charge in [0.15, 0.2) is 0 Å². The van der Waals surface area contributed by atoms with Crippen molar-refractivity contribution in [3.05, 3.63) is 44.6 Å². The number of hydrogen-bond acceptors (Lipinski definition) is 5. The molecule has 3 heterocycles. The summed E-state index contributed by atoms with van der Waals surface area (Å²) in [7, 11) is 1.50. The van der Waals surface area contributed by atoms with E-state index < -0.39 is 5.92 Å². The summed E-state index contributed by atoms with van der Waals surface area (Å²) in [4.78, 5) is 31.6. The van der Waals surface area contributed by atoms with E-state index in [0.717, 1.165) is 12.8 Å². The SMILES string of the molecule is COC1=CC(C)=NC(=O)C1CN1CCc2c(Cl)cc([C@H](CO)[C@@H]3CCCO3)c(Cl)c2C1=O. The maximum absolute atomic E-state index is 13.5. The largest absolute Gasteiger partial charge is 0.500 e. The number of nitrogens with zero attached hydrogens (tertiary/aromatic N) is 2. The molecule has 0 bridgehead atoms. The normalized spacial score (nSPS) is 24.2. The number of methoxy groups -OCH3 is 1. The zero-order chi connectivity index (χ0) is 23.0. The van der Waals surface area contributed by atoms with Crippen molar-refractivity contribution in [2.24, 2.45) is 10.9 Å². The van der Waals surface area contributed by atoms with Crippen molar-refractivity contribution < 1.29 is 24.2 Å². The first kappa shape index (κ1) is 23.2. The molecule has 0 radical (unpaired) electrons. The van der Waals surface area contributed by atoms with Crippen LogP contribution in [-0.2, 0) is 20.7 Å². The number of carbonyl (C=O) groups excluding carboxylic acids is 2. The smallest absolute Gasteiger partial charge is 0.258 e. The van der Waals surface area contributed by atoms with Gasteiger partial charge in [-0.15, -0.1) is 0 Å². The number of amides is 2. The van der Waals surface area contributed by atoms with Crippen LogP contribution in [0.25, 0.3) is 0 Å². The fraction of sp³-hybridized carbons (Fsp3) is 0.522. The van der Waals surface area contributed by atoms with Crippen LogP contribution >= 0.6 is 23.2 Å². The Balaban J connectivity index is 1.65. The number of aliphatic hydroxyl groups excluding tert-OH is 1. The first-order chi connectivity index (χ1) is 15.3. The highest BCUT2D eigenvalue weighted by molar-refractivity contribution is 6.37. The van der Waals surface area contributed by atoms with Crippen LogP contribution in [-0.4, -0.2) is 67.0 Å². The molecule has 1 fully saturated rings. The van der Waals surface area contributed by atoms with Gasteiger partial charge in [-0.2, -0.15) is 0 Å². The number of benzene rings is 1. The summed E-state index contributed by atoms with van der Waals surface area (Å²) >= 11 is 13.3. The van der Waals surface area contributed by atoms with Gasteiger partial charge in [-0.3, -0.25) is 9.59 Å². The number of ether oxygens (including phenoxy) is 2. The lowest BCUT2D eigenvalue weighted by Gasteiger charge is -2.34. The molecule has 7 nitrogen and oxygen atoms in total. The molecule has 1 aromatic carbocycles. The molecule has 2 amide bonds. The van der Waals surface area contributed by atoms with E-state index in [2.05, 4.69) is 4.99 Å². The van der Waals surface area contributed by atoms with E-state index in [0.29, 0.717) is 57.8 Å². The molecule has 9 heteroatoms. The third kappa shape index (κ3) is 4.19. The quantitative estimate of drug-likeness (QED) is 0.673. The Bertz CT molecular complexity index is 1000.